The summed E-state index contributed by atoms with van der Waals surface area (Å²) in [5, 5.41) is 18.5. The second-order valence-electron chi connectivity index (χ2n) is 7.45. The maximum Gasteiger partial charge on any atom is 0.256 e. The molecule has 2 aromatic carbocycles. The Morgan fingerprint density at radius 3 is 2.67 bits per heavy atom. The van der Waals surface area contributed by atoms with Crippen LogP contribution in [-0.2, 0) is 10.3 Å². The van der Waals surface area contributed by atoms with Crippen LogP contribution in [0.2, 0.25) is 0 Å². The standard InChI is InChI=1S/C21H22BrN3O5/c1-4-30-17-9-12(14(22)10-16(17)29-3)18-11(2)24-21(19(18)25(27)28)13-7-5-6-8-15(13)23-20(21)26/h5-11,18-19,24H,4H2,1-3H3,(H,23,26)/t11-,18-,19-,21-/m0/s1. The van der Waals surface area contributed by atoms with Crippen LogP contribution in [0.1, 0.15) is 30.9 Å². The van der Waals surface area contributed by atoms with Crippen molar-refractivity contribution in [3.05, 3.63) is 62.1 Å². The summed E-state index contributed by atoms with van der Waals surface area (Å²) < 4.78 is 11.7. The average molecular weight is 476 g/mol. The zero-order valence-corrected chi connectivity index (χ0v) is 18.4. The number of carbonyl (C=O) groups is 1. The van der Waals surface area contributed by atoms with Crippen LogP contribution in [0.5, 0.6) is 11.5 Å². The Kier molecular flexibility index (Phi) is 5.19. The molecule has 1 spiro atoms. The molecule has 0 bridgehead atoms. The number of rotatable bonds is 5. The predicted octanol–water partition coefficient (Wildman–Crippen LogP) is 3.42. The molecule has 2 aliphatic rings. The lowest BCUT2D eigenvalue weighted by Crippen LogP contribution is -2.54. The van der Waals surface area contributed by atoms with Crippen molar-refractivity contribution in [2.24, 2.45) is 0 Å². The summed E-state index contributed by atoms with van der Waals surface area (Å²) >= 11 is 3.54. The first-order valence-corrected chi connectivity index (χ1v) is 10.5. The number of para-hydroxylation sites is 1. The number of hydrogen-bond donors (Lipinski definition) is 2. The summed E-state index contributed by atoms with van der Waals surface area (Å²) in [6, 6.07) is 9.06. The van der Waals surface area contributed by atoms with E-state index >= 15 is 0 Å². The molecule has 2 aromatic rings. The highest BCUT2D eigenvalue weighted by molar-refractivity contribution is 9.10. The number of nitrogens with one attached hydrogen (secondary N) is 2. The Bertz CT molecular complexity index is 1030. The van der Waals surface area contributed by atoms with Gasteiger partial charge in [-0.1, -0.05) is 34.1 Å². The monoisotopic (exact) mass is 475 g/mol. The Morgan fingerprint density at radius 1 is 1.27 bits per heavy atom. The molecule has 0 radical (unpaired) electrons. The number of halogens is 1. The summed E-state index contributed by atoms with van der Waals surface area (Å²) in [6.45, 7) is 4.14. The number of anilines is 1. The van der Waals surface area contributed by atoms with Gasteiger partial charge in [0.2, 0.25) is 0 Å². The van der Waals surface area contributed by atoms with E-state index in [4.69, 9.17) is 9.47 Å². The smallest absolute Gasteiger partial charge is 0.256 e. The second kappa shape index (κ2) is 7.55. The van der Waals surface area contributed by atoms with Gasteiger partial charge in [0.15, 0.2) is 17.0 Å². The molecule has 0 saturated carbocycles. The molecule has 2 N–H and O–H groups in total. The number of nitro groups is 1. The molecule has 8 nitrogen and oxygen atoms in total. The molecule has 30 heavy (non-hydrogen) atoms. The minimum Gasteiger partial charge on any atom is -0.493 e. The van der Waals surface area contributed by atoms with E-state index in [2.05, 4.69) is 26.6 Å². The fraction of sp³-hybridized carbons (Fsp3) is 0.381. The topological polar surface area (TPSA) is 103 Å². The van der Waals surface area contributed by atoms with Crippen molar-refractivity contribution >= 4 is 27.5 Å². The summed E-state index contributed by atoms with van der Waals surface area (Å²) in [4.78, 5) is 25.2. The first kappa shape index (κ1) is 20.6. The Hall–Kier alpha value is -2.65. The number of hydrogen-bond acceptors (Lipinski definition) is 6. The SMILES string of the molecule is CCOc1cc([C@@H]2[C@H](C)N[C@]3(C(=O)Nc4ccccc43)[C@H]2[N+](=O)[O-])c(Br)cc1OC. The zero-order valence-electron chi connectivity index (χ0n) is 16.8. The van der Waals surface area contributed by atoms with Crippen molar-refractivity contribution in [1.29, 1.82) is 0 Å². The van der Waals surface area contributed by atoms with Crippen molar-refractivity contribution in [2.45, 2.75) is 37.4 Å². The molecule has 1 saturated heterocycles. The van der Waals surface area contributed by atoms with Crippen LogP contribution in [0.25, 0.3) is 0 Å². The molecule has 0 unspecified atom stereocenters. The van der Waals surface area contributed by atoms with E-state index in [1.165, 1.54) is 0 Å². The number of methoxy groups -OCH3 is 1. The molecule has 158 valence electrons. The van der Waals surface area contributed by atoms with E-state index in [-0.39, 0.29) is 11.0 Å². The van der Waals surface area contributed by atoms with Gasteiger partial charge >= 0.3 is 0 Å². The number of nitrogens with zero attached hydrogens (tertiary/aromatic N) is 1. The van der Waals surface area contributed by atoms with Gasteiger partial charge in [-0.05, 0) is 37.6 Å². The fourth-order valence-corrected chi connectivity index (χ4v) is 5.34. The molecule has 2 heterocycles. The lowest BCUT2D eigenvalue weighted by atomic mass is 9.78. The molecule has 4 atom stereocenters. The first-order chi connectivity index (χ1) is 14.3. The van der Waals surface area contributed by atoms with Gasteiger partial charge in [-0.2, -0.15) is 0 Å². The lowest BCUT2D eigenvalue weighted by molar-refractivity contribution is -0.532. The minimum atomic E-state index is -1.45. The maximum atomic E-state index is 13.1. The third kappa shape index (κ3) is 2.87. The van der Waals surface area contributed by atoms with Gasteiger partial charge < -0.3 is 14.8 Å². The van der Waals surface area contributed by atoms with Crippen LogP contribution in [-0.4, -0.2) is 36.6 Å². The Morgan fingerprint density at radius 2 is 2.00 bits per heavy atom. The highest BCUT2D eigenvalue weighted by atomic mass is 79.9. The molecule has 0 aromatic heterocycles. The van der Waals surface area contributed by atoms with E-state index in [0.29, 0.717) is 39.4 Å². The molecular weight excluding hydrogens is 454 g/mol. The van der Waals surface area contributed by atoms with E-state index < -0.39 is 23.4 Å². The lowest BCUT2D eigenvalue weighted by Gasteiger charge is -2.26. The molecule has 1 fully saturated rings. The summed E-state index contributed by atoms with van der Waals surface area (Å²) in [7, 11) is 1.54. The first-order valence-electron chi connectivity index (χ1n) is 9.67. The summed E-state index contributed by atoms with van der Waals surface area (Å²) in [5.41, 5.74) is 0.434. The Balaban J connectivity index is 1.90. The van der Waals surface area contributed by atoms with Gasteiger partial charge in [0, 0.05) is 26.7 Å². The van der Waals surface area contributed by atoms with Crippen LogP contribution < -0.4 is 20.1 Å². The maximum absolute atomic E-state index is 13.1. The second-order valence-corrected chi connectivity index (χ2v) is 8.31. The fourth-order valence-electron chi connectivity index (χ4n) is 4.76. The van der Waals surface area contributed by atoms with E-state index in [0.717, 1.165) is 0 Å². The van der Waals surface area contributed by atoms with Crippen molar-refractivity contribution in [2.75, 3.05) is 19.0 Å². The van der Waals surface area contributed by atoms with E-state index in [1.54, 1.807) is 43.5 Å². The van der Waals surface area contributed by atoms with Gasteiger partial charge in [-0.25, -0.2) is 0 Å². The van der Waals surface area contributed by atoms with Crippen LogP contribution in [0, 0.1) is 10.1 Å². The van der Waals surface area contributed by atoms with Crippen molar-refractivity contribution < 1.29 is 19.2 Å². The van der Waals surface area contributed by atoms with Gasteiger partial charge in [0.1, 0.15) is 0 Å². The van der Waals surface area contributed by atoms with Gasteiger partial charge in [0.25, 0.3) is 11.9 Å². The number of ether oxygens (including phenoxy) is 2. The predicted molar refractivity (Wildman–Crippen MR) is 115 cm³/mol. The summed E-state index contributed by atoms with van der Waals surface area (Å²) in [5.74, 6) is 0.0398. The van der Waals surface area contributed by atoms with E-state index in [1.807, 2.05) is 13.8 Å². The average Bonchev–Trinajstić information content (AvgIpc) is 3.17. The van der Waals surface area contributed by atoms with Crippen LogP contribution in [0.3, 0.4) is 0 Å². The number of amides is 1. The number of carbonyl (C=O) groups excluding carboxylic acids is 1. The molecule has 4 rings (SSSR count). The van der Waals surface area contributed by atoms with Crippen LogP contribution in [0.4, 0.5) is 5.69 Å². The molecular formula is C21H22BrN3O5. The van der Waals surface area contributed by atoms with Gasteiger partial charge in [-0.15, -0.1) is 0 Å². The third-order valence-corrected chi connectivity index (χ3v) is 6.59. The number of fused-ring (bicyclic) bond motifs is 2. The molecule has 1 amide bonds. The van der Waals surface area contributed by atoms with Gasteiger partial charge in [-0.3, -0.25) is 20.2 Å². The summed E-state index contributed by atoms with van der Waals surface area (Å²) in [6.07, 6.45) is 0. The third-order valence-electron chi connectivity index (χ3n) is 5.91. The van der Waals surface area contributed by atoms with Gasteiger partial charge in [0.05, 0.1) is 19.6 Å². The van der Waals surface area contributed by atoms with Crippen molar-refractivity contribution in [3.63, 3.8) is 0 Å². The molecule has 0 aliphatic carbocycles. The highest BCUT2D eigenvalue weighted by Gasteiger charge is 2.67. The van der Waals surface area contributed by atoms with Crippen molar-refractivity contribution in [1.82, 2.24) is 5.32 Å². The largest absolute Gasteiger partial charge is 0.493 e. The molecule has 2 aliphatic heterocycles. The van der Waals surface area contributed by atoms with Crippen molar-refractivity contribution in [3.8, 4) is 11.5 Å². The highest BCUT2D eigenvalue weighted by Crippen LogP contribution is 2.51. The van der Waals surface area contributed by atoms with E-state index in [9.17, 15) is 14.9 Å². The molecule has 9 heteroatoms. The quantitative estimate of drug-likeness (QED) is 0.507. The van der Waals surface area contributed by atoms with Crippen LogP contribution >= 0.6 is 15.9 Å². The zero-order chi connectivity index (χ0) is 21.6. The number of benzene rings is 2. The minimum absolute atomic E-state index is 0.347. The normalized spacial score (nSPS) is 27.1. The Labute approximate surface area is 182 Å². The van der Waals surface area contributed by atoms with Crippen LogP contribution in [0.15, 0.2) is 40.9 Å².